The number of hydrazone groups is 1. The van der Waals surface area contributed by atoms with Gasteiger partial charge in [0.15, 0.2) is 0 Å². The molecule has 5 nitrogen and oxygen atoms in total. The molecule has 1 aliphatic rings. The van der Waals surface area contributed by atoms with Gasteiger partial charge in [-0.05, 0) is 30.2 Å². The number of nitrogens with zero attached hydrogens (tertiary/aromatic N) is 3. The van der Waals surface area contributed by atoms with Gasteiger partial charge >= 0.3 is 0 Å². The van der Waals surface area contributed by atoms with Crippen molar-refractivity contribution in [2.45, 2.75) is 13.3 Å². The molecule has 0 aromatic heterocycles. The zero-order valence-corrected chi connectivity index (χ0v) is 15.3. The first-order chi connectivity index (χ1) is 12.7. The Hall–Kier alpha value is -2.66. The summed E-state index contributed by atoms with van der Waals surface area (Å²) >= 11 is 0. The average molecular weight is 350 g/mol. The lowest BCUT2D eigenvalue weighted by molar-refractivity contribution is -0.121. The van der Waals surface area contributed by atoms with Crippen molar-refractivity contribution in [2.75, 3.05) is 37.6 Å². The summed E-state index contributed by atoms with van der Waals surface area (Å²) in [7, 11) is 0. The van der Waals surface area contributed by atoms with Gasteiger partial charge in [0.2, 0.25) is 5.91 Å². The van der Waals surface area contributed by atoms with Gasteiger partial charge in [-0.25, -0.2) is 5.43 Å². The van der Waals surface area contributed by atoms with Crippen molar-refractivity contribution >= 4 is 17.8 Å². The third-order valence-electron chi connectivity index (χ3n) is 4.73. The Balaban J connectivity index is 1.37. The molecule has 1 saturated heterocycles. The molecule has 0 spiro atoms. The van der Waals surface area contributed by atoms with Gasteiger partial charge in [-0.3, -0.25) is 9.69 Å². The zero-order chi connectivity index (χ0) is 18.2. The second-order valence-electron chi connectivity index (χ2n) is 6.56. The molecule has 2 aromatic rings. The molecule has 1 heterocycles. The summed E-state index contributed by atoms with van der Waals surface area (Å²) in [5.74, 6) is -0.0414. The molecule has 26 heavy (non-hydrogen) atoms. The summed E-state index contributed by atoms with van der Waals surface area (Å²) in [6.07, 6.45) is 2.17. The van der Waals surface area contributed by atoms with Crippen LogP contribution in [0.25, 0.3) is 0 Å². The lowest BCUT2D eigenvalue weighted by Crippen LogP contribution is -2.47. The van der Waals surface area contributed by atoms with E-state index < -0.39 is 0 Å². The van der Waals surface area contributed by atoms with Crippen LogP contribution >= 0.6 is 0 Å². The number of hydrogen-bond donors (Lipinski definition) is 1. The molecule has 136 valence electrons. The number of hydrogen-bond acceptors (Lipinski definition) is 4. The van der Waals surface area contributed by atoms with E-state index in [-0.39, 0.29) is 5.91 Å². The maximum absolute atomic E-state index is 12.0. The molecular weight excluding hydrogens is 324 g/mol. The normalized spacial score (nSPS) is 15.3. The number of amides is 1. The molecule has 0 atom stereocenters. The predicted octanol–water partition coefficient (Wildman–Crippen LogP) is 2.66. The first-order valence-corrected chi connectivity index (χ1v) is 9.12. The Morgan fingerprint density at radius 2 is 1.73 bits per heavy atom. The van der Waals surface area contributed by atoms with Crippen LogP contribution in [0.4, 0.5) is 5.69 Å². The summed E-state index contributed by atoms with van der Waals surface area (Å²) in [6, 6.07) is 18.4. The first kappa shape index (κ1) is 18.1. The third-order valence-corrected chi connectivity index (χ3v) is 4.73. The fourth-order valence-corrected chi connectivity index (χ4v) is 3.09. The molecule has 1 amide bonds. The van der Waals surface area contributed by atoms with Crippen LogP contribution in [0.5, 0.6) is 0 Å². The minimum absolute atomic E-state index is 0.0414. The molecule has 0 aliphatic carbocycles. The Labute approximate surface area is 155 Å². The number of para-hydroxylation sites is 1. The van der Waals surface area contributed by atoms with E-state index >= 15 is 0 Å². The van der Waals surface area contributed by atoms with Gasteiger partial charge in [-0.15, -0.1) is 0 Å². The highest BCUT2D eigenvalue weighted by molar-refractivity contribution is 5.83. The summed E-state index contributed by atoms with van der Waals surface area (Å²) in [5.41, 5.74) is 6.06. The van der Waals surface area contributed by atoms with Gasteiger partial charge in [-0.2, -0.15) is 5.10 Å². The maximum atomic E-state index is 12.0. The van der Waals surface area contributed by atoms with Crippen molar-refractivity contribution < 1.29 is 4.79 Å². The van der Waals surface area contributed by atoms with Crippen molar-refractivity contribution in [3.05, 3.63) is 65.7 Å². The summed E-state index contributed by atoms with van der Waals surface area (Å²) in [4.78, 5) is 16.7. The standard InChI is InChI=1S/C21H26N4O/c1-18-7-5-6-8-19(18)17-22-23-21(26)11-12-24-13-15-25(16-14-24)20-9-3-2-4-10-20/h2-10,17H,11-16H2,1H3,(H,23,26). The minimum Gasteiger partial charge on any atom is -0.369 e. The Bertz CT molecular complexity index is 737. The third kappa shape index (κ3) is 5.17. The van der Waals surface area contributed by atoms with E-state index in [2.05, 4.69) is 44.6 Å². The molecule has 1 N–H and O–H groups in total. The number of nitrogens with one attached hydrogen (secondary N) is 1. The highest BCUT2D eigenvalue weighted by atomic mass is 16.2. The zero-order valence-electron chi connectivity index (χ0n) is 15.3. The monoisotopic (exact) mass is 350 g/mol. The molecule has 0 unspecified atom stereocenters. The molecule has 0 radical (unpaired) electrons. The van der Waals surface area contributed by atoms with Crippen LogP contribution in [0.1, 0.15) is 17.5 Å². The second kappa shape index (κ2) is 9.15. The molecule has 5 heteroatoms. The molecular formula is C21H26N4O. The van der Waals surface area contributed by atoms with E-state index in [1.165, 1.54) is 5.69 Å². The Kier molecular flexibility index (Phi) is 6.39. The van der Waals surface area contributed by atoms with Gasteiger partial charge in [-0.1, -0.05) is 42.5 Å². The molecule has 0 bridgehead atoms. The Morgan fingerprint density at radius 1 is 1.04 bits per heavy atom. The minimum atomic E-state index is -0.0414. The number of aryl methyl sites for hydroxylation is 1. The molecule has 1 fully saturated rings. The SMILES string of the molecule is Cc1ccccc1C=NNC(=O)CCN1CCN(c2ccccc2)CC1. The highest BCUT2D eigenvalue weighted by Crippen LogP contribution is 2.15. The molecule has 1 aliphatic heterocycles. The largest absolute Gasteiger partial charge is 0.369 e. The lowest BCUT2D eigenvalue weighted by atomic mass is 10.1. The quantitative estimate of drug-likeness (QED) is 0.644. The van der Waals surface area contributed by atoms with Crippen LogP contribution < -0.4 is 10.3 Å². The van der Waals surface area contributed by atoms with Crippen LogP contribution in [0.3, 0.4) is 0 Å². The van der Waals surface area contributed by atoms with Crippen LogP contribution in [0.15, 0.2) is 59.7 Å². The fourth-order valence-electron chi connectivity index (χ4n) is 3.09. The van der Waals surface area contributed by atoms with Crippen molar-refractivity contribution in [2.24, 2.45) is 5.10 Å². The van der Waals surface area contributed by atoms with E-state index in [0.29, 0.717) is 6.42 Å². The second-order valence-corrected chi connectivity index (χ2v) is 6.56. The predicted molar refractivity (Wildman–Crippen MR) is 107 cm³/mol. The summed E-state index contributed by atoms with van der Waals surface area (Å²) in [5, 5.41) is 4.07. The van der Waals surface area contributed by atoms with Gasteiger partial charge in [0.05, 0.1) is 6.21 Å². The van der Waals surface area contributed by atoms with Gasteiger partial charge < -0.3 is 4.90 Å². The fraction of sp³-hybridized carbons (Fsp3) is 0.333. The topological polar surface area (TPSA) is 47.9 Å². The molecule has 3 rings (SSSR count). The summed E-state index contributed by atoms with van der Waals surface area (Å²) in [6.45, 7) is 6.75. The van der Waals surface area contributed by atoms with E-state index in [4.69, 9.17) is 0 Å². The smallest absolute Gasteiger partial charge is 0.241 e. The number of carbonyl (C=O) groups excluding carboxylic acids is 1. The highest BCUT2D eigenvalue weighted by Gasteiger charge is 2.17. The Morgan fingerprint density at radius 3 is 2.46 bits per heavy atom. The number of rotatable bonds is 6. The lowest BCUT2D eigenvalue weighted by Gasteiger charge is -2.36. The van der Waals surface area contributed by atoms with Gasteiger partial charge in [0.1, 0.15) is 0 Å². The van der Waals surface area contributed by atoms with Crippen molar-refractivity contribution in [3.8, 4) is 0 Å². The number of anilines is 1. The molecule has 2 aromatic carbocycles. The molecule has 0 saturated carbocycles. The van der Waals surface area contributed by atoms with Crippen LogP contribution in [0, 0.1) is 6.92 Å². The number of carbonyl (C=O) groups is 1. The van der Waals surface area contributed by atoms with Crippen molar-refractivity contribution in [3.63, 3.8) is 0 Å². The average Bonchev–Trinajstić information content (AvgIpc) is 2.69. The number of benzene rings is 2. The van der Waals surface area contributed by atoms with Gasteiger partial charge in [0.25, 0.3) is 0 Å². The van der Waals surface area contributed by atoms with E-state index in [1.807, 2.05) is 37.3 Å². The van der Waals surface area contributed by atoms with Crippen molar-refractivity contribution in [1.29, 1.82) is 0 Å². The van der Waals surface area contributed by atoms with E-state index in [9.17, 15) is 4.79 Å². The first-order valence-electron chi connectivity index (χ1n) is 9.12. The van der Waals surface area contributed by atoms with Crippen molar-refractivity contribution in [1.82, 2.24) is 10.3 Å². The van der Waals surface area contributed by atoms with Gasteiger partial charge in [0, 0.05) is 44.8 Å². The van der Waals surface area contributed by atoms with E-state index in [0.717, 1.165) is 43.9 Å². The van der Waals surface area contributed by atoms with Crippen LogP contribution in [-0.4, -0.2) is 49.7 Å². The summed E-state index contributed by atoms with van der Waals surface area (Å²) < 4.78 is 0. The van der Waals surface area contributed by atoms with E-state index in [1.54, 1.807) is 6.21 Å². The van der Waals surface area contributed by atoms with Crippen LogP contribution in [-0.2, 0) is 4.79 Å². The van der Waals surface area contributed by atoms with Crippen LogP contribution in [0.2, 0.25) is 0 Å². The number of piperazine rings is 1. The maximum Gasteiger partial charge on any atom is 0.241 e.